The summed E-state index contributed by atoms with van der Waals surface area (Å²) in [5.41, 5.74) is 3.33. The molecule has 0 N–H and O–H groups in total. The second-order valence-electron chi connectivity index (χ2n) is 11.9. The molecule has 42 heavy (non-hydrogen) atoms. The van der Waals surface area contributed by atoms with Crippen LogP contribution in [0.4, 0.5) is 0 Å². The van der Waals surface area contributed by atoms with Crippen molar-refractivity contribution in [2.75, 3.05) is 52.4 Å². The number of piperidine rings is 2. The van der Waals surface area contributed by atoms with E-state index in [0.29, 0.717) is 48.6 Å². The van der Waals surface area contributed by atoms with Gasteiger partial charge >= 0.3 is 0 Å². The molecule has 3 amide bonds. The molecule has 0 aliphatic carbocycles. The fourth-order valence-corrected chi connectivity index (χ4v) is 7.04. The maximum absolute atomic E-state index is 13.5. The van der Waals surface area contributed by atoms with Crippen LogP contribution >= 0.6 is 11.6 Å². The number of halogens is 1. The molecule has 0 radical (unpaired) electrons. The first-order valence-electron chi connectivity index (χ1n) is 15.1. The molecule has 0 atom stereocenters. The second-order valence-corrected chi connectivity index (χ2v) is 12.3. The molecule has 0 unspecified atom stereocenters. The highest BCUT2D eigenvalue weighted by atomic mass is 35.5. The van der Waals surface area contributed by atoms with E-state index in [-0.39, 0.29) is 23.6 Å². The Labute approximate surface area is 252 Å². The first-order chi connectivity index (χ1) is 20.3. The molecule has 0 bridgehead atoms. The summed E-state index contributed by atoms with van der Waals surface area (Å²) >= 11 is 6.39. The molecule has 3 aliphatic rings. The SMILES string of the molecule is CC(=O)N1CCC(C(=O)N2CCC(N3CCN(C(=O)c4cc(Cl)nc(-c5ccc6c(ccn6C)c5)c4)CC3)CC2)CC1. The quantitative estimate of drug-likeness (QED) is 0.431. The summed E-state index contributed by atoms with van der Waals surface area (Å²) in [6.45, 7) is 7.50. The number of amides is 3. The number of aromatic nitrogens is 2. The van der Waals surface area contributed by atoms with Gasteiger partial charge in [-0.15, -0.1) is 0 Å². The maximum Gasteiger partial charge on any atom is 0.254 e. The van der Waals surface area contributed by atoms with E-state index >= 15 is 0 Å². The third kappa shape index (κ3) is 5.90. The van der Waals surface area contributed by atoms with Gasteiger partial charge in [0.2, 0.25) is 11.8 Å². The Morgan fingerprint density at radius 3 is 2.19 bits per heavy atom. The van der Waals surface area contributed by atoms with Gasteiger partial charge in [-0.1, -0.05) is 17.7 Å². The van der Waals surface area contributed by atoms with Crippen LogP contribution in [0.3, 0.4) is 0 Å². The van der Waals surface area contributed by atoms with Crippen molar-refractivity contribution in [1.29, 1.82) is 0 Å². The van der Waals surface area contributed by atoms with E-state index in [0.717, 1.165) is 68.3 Å². The summed E-state index contributed by atoms with van der Waals surface area (Å²) in [7, 11) is 2.02. The van der Waals surface area contributed by atoms with E-state index in [4.69, 9.17) is 11.6 Å². The number of pyridine rings is 1. The number of carbonyl (C=O) groups is 3. The molecule has 0 saturated carbocycles. The minimum Gasteiger partial charge on any atom is -0.351 e. The van der Waals surface area contributed by atoms with Gasteiger partial charge in [0.05, 0.1) is 5.69 Å². The Hall–Kier alpha value is -3.43. The van der Waals surface area contributed by atoms with E-state index in [1.54, 1.807) is 13.0 Å². The van der Waals surface area contributed by atoms with Crippen LogP contribution in [0.25, 0.3) is 22.2 Å². The van der Waals surface area contributed by atoms with Crippen LogP contribution in [0, 0.1) is 5.92 Å². The molecule has 3 aliphatic heterocycles. The summed E-state index contributed by atoms with van der Waals surface area (Å²) in [4.78, 5) is 51.0. The van der Waals surface area contributed by atoms with Gasteiger partial charge in [0.15, 0.2) is 0 Å². The number of rotatable bonds is 4. The smallest absolute Gasteiger partial charge is 0.254 e. The number of carbonyl (C=O) groups excluding carboxylic acids is 3. The molecule has 10 heteroatoms. The minimum absolute atomic E-state index is 0.0165. The molecule has 3 saturated heterocycles. The summed E-state index contributed by atoms with van der Waals surface area (Å²) < 4.78 is 2.07. The second kappa shape index (κ2) is 12.1. The van der Waals surface area contributed by atoms with E-state index in [9.17, 15) is 14.4 Å². The van der Waals surface area contributed by atoms with Gasteiger partial charge in [-0.05, 0) is 56.0 Å². The first kappa shape index (κ1) is 28.7. The molecule has 0 spiro atoms. The van der Waals surface area contributed by atoms with Crippen molar-refractivity contribution in [3.8, 4) is 11.3 Å². The average molecular weight is 591 g/mol. The fourth-order valence-electron chi connectivity index (χ4n) is 6.83. The van der Waals surface area contributed by atoms with Crippen molar-refractivity contribution in [3.05, 3.63) is 53.3 Å². The highest BCUT2D eigenvalue weighted by Crippen LogP contribution is 2.28. The van der Waals surface area contributed by atoms with Crippen molar-refractivity contribution in [3.63, 3.8) is 0 Å². The number of likely N-dealkylation sites (tertiary alicyclic amines) is 2. The van der Waals surface area contributed by atoms with Crippen LogP contribution < -0.4 is 0 Å². The standard InChI is InChI=1S/C32H39ClN6O3/c1-22(40)36-11-6-23(7-12-36)31(41)38-13-8-27(9-14-38)37-15-17-39(18-16-37)32(42)26-20-28(34-30(33)21-26)24-3-4-29-25(19-24)5-10-35(29)2/h3-5,10,19-21,23,27H,6-9,11-18H2,1-2H3. The van der Waals surface area contributed by atoms with Crippen LogP contribution in [0.15, 0.2) is 42.6 Å². The zero-order valence-corrected chi connectivity index (χ0v) is 25.2. The van der Waals surface area contributed by atoms with E-state index in [1.807, 2.05) is 40.1 Å². The topological polar surface area (TPSA) is 82.0 Å². The van der Waals surface area contributed by atoms with Crippen molar-refractivity contribution in [1.82, 2.24) is 29.2 Å². The third-order valence-electron chi connectivity index (χ3n) is 9.41. The third-order valence-corrected chi connectivity index (χ3v) is 9.60. The lowest BCUT2D eigenvalue weighted by molar-refractivity contribution is -0.141. The Bertz CT molecular complexity index is 1480. The van der Waals surface area contributed by atoms with E-state index < -0.39 is 0 Å². The highest BCUT2D eigenvalue weighted by molar-refractivity contribution is 6.30. The summed E-state index contributed by atoms with van der Waals surface area (Å²) in [6.07, 6.45) is 5.48. The molecule has 9 nitrogen and oxygen atoms in total. The maximum atomic E-state index is 13.5. The van der Waals surface area contributed by atoms with Gasteiger partial charge in [0.25, 0.3) is 5.91 Å². The lowest BCUT2D eigenvalue weighted by Crippen LogP contribution is -2.55. The Kier molecular flexibility index (Phi) is 8.23. The minimum atomic E-state index is -0.0165. The Balaban J connectivity index is 1.02. The lowest BCUT2D eigenvalue weighted by Gasteiger charge is -2.43. The normalized spacial score (nSPS) is 19.5. The number of hydrogen-bond donors (Lipinski definition) is 0. The predicted molar refractivity (Wildman–Crippen MR) is 163 cm³/mol. The molecule has 222 valence electrons. The molecule has 2 aromatic heterocycles. The molecule has 3 fully saturated rings. The van der Waals surface area contributed by atoms with Gasteiger partial charge in [-0.25, -0.2) is 4.98 Å². The number of hydrogen-bond acceptors (Lipinski definition) is 5. The fraction of sp³-hybridized carbons (Fsp3) is 0.500. The number of benzene rings is 1. The number of piperazine rings is 1. The van der Waals surface area contributed by atoms with Gasteiger partial charge in [-0.2, -0.15) is 0 Å². The summed E-state index contributed by atoms with van der Waals surface area (Å²) in [5.74, 6) is 0.373. The molecule has 5 heterocycles. The van der Waals surface area contributed by atoms with E-state index in [1.165, 1.54) is 0 Å². The van der Waals surface area contributed by atoms with Crippen molar-refractivity contribution in [2.24, 2.45) is 13.0 Å². The van der Waals surface area contributed by atoms with Crippen LogP contribution in [-0.2, 0) is 16.6 Å². The van der Waals surface area contributed by atoms with Crippen LogP contribution in [0.2, 0.25) is 5.15 Å². The molecular formula is C32H39ClN6O3. The number of nitrogens with zero attached hydrogens (tertiary/aromatic N) is 6. The number of aryl methyl sites for hydroxylation is 1. The Morgan fingerprint density at radius 2 is 1.50 bits per heavy atom. The predicted octanol–water partition coefficient (Wildman–Crippen LogP) is 3.90. The molecule has 6 rings (SSSR count). The molecule has 3 aromatic rings. The van der Waals surface area contributed by atoms with Crippen molar-refractivity contribution in [2.45, 2.75) is 38.6 Å². The Morgan fingerprint density at radius 1 is 0.810 bits per heavy atom. The zero-order valence-electron chi connectivity index (χ0n) is 24.5. The van der Waals surface area contributed by atoms with Gasteiger partial charge in [0.1, 0.15) is 5.15 Å². The van der Waals surface area contributed by atoms with E-state index in [2.05, 4.69) is 32.7 Å². The van der Waals surface area contributed by atoms with Crippen molar-refractivity contribution >= 4 is 40.2 Å². The van der Waals surface area contributed by atoms with Gasteiger partial charge in [-0.3, -0.25) is 19.3 Å². The summed E-state index contributed by atoms with van der Waals surface area (Å²) in [5, 5.41) is 1.43. The highest BCUT2D eigenvalue weighted by Gasteiger charge is 2.34. The zero-order chi connectivity index (χ0) is 29.4. The number of fused-ring (bicyclic) bond motifs is 1. The van der Waals surface area contributed by atoms with Crippen LogP contribution in [-0.4, -0.2) is 105 Å². The largest absolute Gasteiger partial charge is 0.351 e. The van der Waals surface area contributed by atoms with Gasteiger partial charge in [0, 0.05) is 107 Å². The monoisotopic (exact) mass is 590 g/mol. The van der Waals surface area contributed by atoms with Crippen LogP contribution in [0.1, 0.15) is 43.0 Å². The molecule has 1 aromatic carbocycles. The van der Waals surface area contributed by atoms with Crippen LogP contribution in [0.5, 0.6) is 0 Å². The summed E-state index contributed by atoms with van der Waals surface area (Å²) in [6, 6.07) is 12.2. The molecular weight excluding hydrogens is 552 g/mol. The van der Waals surface area contributed by atoms with Crippen molar-refractivity contribution < 1.29 is 14.4 Å². The lowest BCUT2D eigenvalue weighted by atomic mass is 9.93. The first-order valence-corrected chi connectivity index (χ1v) is 15.5. The van der Waals surface area contributed by atoms with Gasteiger partial charge < -0.3 is 19.3 Å². The average Bonchev–Trinajstić information content (AvgIpc) is 3.40.